The topological polar surface area (TPSA) is 154 Å². The number of methoxy groups -OCH3 is 2. The summed E-state index contributed by atoms with van der Waals surface area (Å²) >= 11 is 0. The van der Waals surface area contributed by atoms with Gasteiger partial charge in [0.15, 0.2) is 5.65 Å². The Morgan fingerprint density at radius 2 is 1.64 bits per heavy atom. The van der Waals surface area contributed by atoms with Gasteiger partial charge in [-0.15, -0.1) is 0 Å². The lowest BCUT2D eigenvalue weighted by Crippen LogP contribution is -2.48. The molecule has 3 heterocycles. The Kier molecular flexibility index (Phi) is 9.96. The number of carbonyl (C=O) groups is 2. The van der Waals surface area contributed by atoms with E-state index in [2.05, 4.69) is 30.8 Å². The SMILES string of the molecule is COc1cc(OC)cc(-c2cc3cnc(NCCCN4CCN(CC(=O)O)CC4)nc3nc2NC(=O)NC(C)(C)C)c1. The van der Waals surface area contributed by atoms with Crippen molar-refractivity contribution in [3.8, 4) is 22.6 Å². The number of hydrogen-bond donors (Lipinski definition) is 4. The second kappa shape index (κ2) is 13.6. The maximum atomic E-state index is 12.8. The highest BCUT2D eigenvalue weighted by molar-refractivity contribution is 5.96. The van der Waals surface area contributed by atoms with E-state index >= 15 is 0 Å². The standard InChI is InChI=1S/C29H40N8O5/c1-29(2,3)35-28(40)34-26-23(19-13-21(41-4)16-22(14-19)42-5)15-20-17-31-27(33-25(20)32-26)30-7-6-8-36-9-11-37(12-10-36)18-24(38)39/h13-17H,6-12,18H2,1-5H3,(H,38,39)(H3,30,31,32,33,34,35,40). The molecular formula is C29H40N8O5. The van der Waals surface area contributed by atoms with Crippen LogP contribution in [0.1, 0.15) is 27.2 Å². The second-order valence-corrected chi connectivity index (χ2v) is 11.2. The number of nitrogens with zero attached hydrogens (tertiary/aromatic N) is 5. The number of anilines is 2. The van der Waals surface area contributed by atoms with Gasteiger partial charge in [-0.3, -0.25) is 15.0 Å². The first-order valence-electron chi connectivity index (χ1n) is 13.9. The molecule has 1 aromatic carbocycles. The number of carboxylic acid groups (broad SMARTS) is 1. The van der Waals surface area contributed by atoms with Gasteiger partial charge in [-0.1, -0.05) is 0 Å². The number of carbonyl (C=O) groups excluding carboxylic acids is 1. The van der Waals surface area contributed by atoms with Crippen LogP contribution < -0.4 is 25.4 Å². The quantitative estimate of drug-likeness (QED) is 0.247. The number of carboxylic acids is 1. The molecule has 0 bridgehead atoms. The summed E-state index contributed by atoms with van der Waals surface area (Å²) in [5, 5.41) is 18.7. The largest absolute Gasteiger partial charge is 0.497 e. The molecule has 0 unspecified atom stereocenters. The third kappa shape index (κ3) is 8.63. The van der Waals surface area contributed by atoms with Crippen LogP contribution in [0.3, 0.4) is 0 Å². The van der Waals surface area contributed by atoms with Gasteiger partial charge in [0.25, 0.3) is 0 Å². The number of aliphatic carboxylic acids is 1. The van der Waals surface area contributed by atoms with Crippen LogP contribution in [-0.2, 0) is 4.79 Å². The van der Waals surface area contributed by atoms with Crippen molar-refractivity contribution >= 4 is 34.8 Å². The number of amides is 2. The molecule has 0 atom stereocenters. The maximum absolute atomic E-state index is 12.8. The van der Waals surface area contributed by atoms with Crippen molar-refractivity contribution in [3.05, 3.63) is 30.5 Å². The molecule has 1 aliphatic rings. The van der Waals surface area contributed by atoms with Crippen LogP contribution in [0.4, 0.5) is 16.6 Å². The molecule has 3 aromatic rings. The summed E-state index contributed by atoms with van der Waals surface area (Å²) in [4.78, 5) is 41.9. The lowest BCUT2D eigenvalue weighted by Gasteiger charge is -2.33. The Morgan fingerprint density at radius 1 is 0.976 bits per heavy atom. The Bertz CT molecular complexity index is 1380. The summed E-state index contributed by atoms with van der Waals surface area (Å²) in [6.45, 7) is 10.6. The van der Waals surface area contributed by atoms with Gasteiger partial charge in [-0.05, 0) is 57.5 Å². The second-order valence-electron chi connectivity index (χ2n) is 11.2. The molecule has 0 spiro atoms. The molecule has 0 saturated carbocycles. The van der Waals surface area contributed by atoms with Gasteiger partial charge in [-0.25, -0.2) is 14.8 Å². The van der Waals surface area contributed by atoms with E-state index < -0.39 is 11.5 Å². The first kappa shape index (κ1) is 30.7. The minimum atomic E-state index is -0.787. The number of piperazine rings is 1. The summed E-state index contributed by atoms with van der Waals surface area (Å²) in [5.74, 6) is 1.21. The summed E-state index contributed by atoms with van der Waals surface area (Å²) in [5.41, 5.74) is 1.41. The van der Waals surface area contributed by atoms with Gasteiger partial charge < -0.3 is 30.1 Å². The van der Waals surface area contributed by atoms with Crippen LogP contribution in [0.25, 0.3) is 22.2 Å². The predicted octanol–water partition coefficient (Wildman–Crippen LogP) is 3.13. The number of ether oxygens (including phenoxy) is 2. The van der Waals surface area contributed by atoms with Crippen LogP contribution in [0.5, 0.6) is 11.5 Å². The van der Waals surface area contributed by atoms with E-state index in [4.69, 9.17) is 19.6 Å². The van der Waals surface area contributed by atoms with Gasteiger partial charge in [0.1, 0.15) is 17.3 Å². The maximum Gasteiger partial charge on any atom is 0.320 e. The van der Waals surface area contributed by atoms with Crippen molar-refractivity contribution in [1.82, 2.24) is 30.1 Å². The lowest BCUT2D eigenvalue weighted by atomic mass is 10.0. The summed E-state index contributed by atoms with van der Waals surface area (Å²) < 4.78 is 10.9. The fourth-order valence-corrected chi connectivity index (χ4v) is 4.67. The smallest absolute Gasteiger partial charge is 0.320 e. The highest BCUT2D eigenvalue weighted by Crippen LogP contribution is 2.35. The highest BCUT2D eigenvalue weighted by Gasteiger charge is 2.20. The van der Waals surface area contributed by atoms with Crippen molar-refractivity contribution < 1.29 is 24.2 Å². The van der Waals surface area contributed by atoms with E-state index in [-0.39, 0.29) is 12.6 Å². The van der Waals surface area contributed by atoms with Crippen molar-refractivity contribution in [2.45, 2.75) is 32.7 Å². The molecule has 226 valence electrons. The number of aromatic nitrogens is 3. The van der Waals surface area contributed by atoms with Crippen LogP contribution >= 0.6 is 0 Å². The number of benzene rings is 1. The average Bonchev–Trinajstić information content (AvgIpc) is 2.94. The number of hydrogen-bond acceptors (Lipinski definition) is 10. The van der Waals surface area contributed by atoms with Gasteiger partial charge in [-0.2, -0.15) is 4.98 Å². The molecule has 2 amide bonds. The third-order valence-corrected chi connectivity index (χ3v) is 6.71. The first-order chi connectivity index (χ1) is 20.0. The highest BCUT2D eigenvalue weighted by atomic mass is 16.5. The van der Waals surface area contributed by atoms with Crippen molar-refractivity contribution in [2.24, 2.45) is 0 Å². The lowest BCUT2D eigenvalue weighted by molar-refractivity contribution is -0.138. The van der Waals surface area contributed by atoms with Gasteiger partial charge in [0.05, 0.1) is 20.8 Å². The molecule has 1 saturated heterocycles. The number of rotatable bonds is 11. The summed E-state index contributed by atoms with van der Waals surface area (Å²) in [6, 6.07) is 6.97. The predicted molar refractivity (Wildman–Crippen MR) is 161 cm³/mol. The van der Waals surface area contributed by atoms with Crippen LogP contribution in [0.2, 0.25) is 0 Å². The molecule has 0 aliphatic carbocycles. The monoisotopic (exact) mass is 580 g/mol. The average molecular weight is 581 g/mol. The summed E-state index contributed by atoms with van der Waals surface area (Å²) in [7, 11) is 3.16. The third-order valence-electron chi connectivity index (χ3n) is 6.71. The Balaban J connectivity index is 1.49. The zero-order chi connectivity index (χ0) is 30.3. The molecule has 1 fully saturated rings. The summed E-state index contributed by atoms with van der Waals surface area (Å²) in [6.07, 6.45) is 2.59. The Labute approximate surface area is 245 Å². The Morgan fingerprint density at radius 3 is 2.26 bits per heavy atom. The van der Waals surface area contributed by atoms with Crippen LogP contribution in [-0.4, -0.2) is 107 Å². The zero-order valence-corrected chi connectivity index (χ0v) is 24.9. The van der Waals surface area contributed by atoms with Crippen LogP contribution in [0.15, 0.2) is 30.5 Å². The van der Waals surface area contributed by atoms with E-state index in [9.17, 15) is 9.59 Å². The van der Waals surface area contributed by atoms with Crippen molar-refractivity contribution in [2.75, 3.05) is 70.7 Å². The van der Waals surface area contributed by atoms with E-state index in [1.807, 2.05) is 43.9 Å². The van der Waals surface area contributed by atoms with Gasteiger partial charge in [0.2, 0.25) is 5.95 Å². The van der Waals surface area contributed by atoms with Gasteiger partial charge >= 0.3 is 12.0 Å². The first-order valence-corrected chi connectivity index (χ1v) is 13.9. The molecule has 2 aromatic heterocycles. The van der Waals surface area contributed by atoms with E-state index in [1.54, 1.807) is 26.5 Å². The minimum Gasteiger partial charge on any atom is -0.497 e. The fourth-order valence-electron chi connectivity index (χ4n) is 4.67. The molecule has 4 rings (SSSR count). The molecule has 4 N–H and O–H groups in total. The molecular weight excluding hydrogens is 540 g/mol. The molecule has 13 heteroatoms. The number of pyridine rings is 1. The van der Waals surface area contributed by atoms with E-state index in [0.717, 1.165) is 44.7 Å². The van der Waals surface area contributed by atoms with Gasteiger partial charge in [0, 0.05) is 61.5 Å². The number of urea groups is 1. The van der Waals surface area contributed by atoms with E-state index in [0.29, 0.717) is 46.4 Å². The molecule has 0 radical (unpaired) electrons. The zero-order valence-electron chi connectivity index (χ0n) is 24.9. The Hall–Kier alpha value is -4.23. The molecule has 13 nitrogen and oxygen atoms in total. The number of fused-ring (bicyclic) bond motifs is 1. The number of nitrogens with one attached hydrogen (secondary N) is 3. The minimum absolute atomic E-state index is 0.0937. The molecule has 1 aliphatic heterocycles. The molecule has 42 heavy (non-hydrogen) atoms. The fraction of sp³-hybridized carbons (Fsp3) is 0.483. The van der Waals surface area contributed by atoms with Crippen LogP contribution in [0, 0.1) is 0 Å². The normalized spacial score (nSPS) is 14.4. The van der Waals surface area contributed by atoms with Crippen molar-refractivity contribution in [3.63, 3.8) is 0 Å². The van der Waals surface area contributed by atoms with E-state index in [1.165, 1.54) is 0 Å². The van der Waals surface area contributed by atoms with Crippen molar-refractivity contribution in [1.29, 1.82) is 0 Å².